The summed E-state index contributed by atoms with van der Waals surface area (Å²) in [6, 6.07) is 0. The molecule has 4 nitrogen and oxygen atoms in total. The summed E-state index contributed by atoms with van der Waals surface area (Å²) in [4.78, 5) is 0. The first-order chi connectivity index (χ1) is 20.3. The smallest absolute Gasteiger partial charge is 0.121 e. The molecule has 0 aromatic rings. The number of ether oxygens (including phenoxy) is 1. The molecule has 3 fully saturated rings. The molecular weight excluding hydrogens is 544 g/mol. The van der Waals surface area contributed by atoms with Crippen LogP contribution in [0.3, 0.4) is 0 Å². The second-order valence-electron chi connectivity index (χ2n) is 15.0. The summed E-state index contributed by atoms with van der Waals surface area (Å²) in [6.07, 6.45) is 28.5. The molecule has 240 valence electrons. The van der Waals surface area contributed by atoms with Crippen LogP contribution in [0.15, 0.2) is 113 Å². The van der Waals surface area contributed by atoms with Gasteiger partial charge in [0.2, 0.25) is 0 Å². The molecule has 5 atom stereocenters. The lowest BCUT2D eigenvalue weighted by atomic mass is 9.63. The highest BCUT2D eigenvalue weighted by atomic mass is 16.6. The Kier molecular flexibility index (Phi) is 11.2. The fourth-order valence-electron chi connectivity index (χ4n) is 7.25. The predicted molar refractivity (Wildman–Crippen MR) is 184 cm³/mol. The van der Waals surface area contributed by atoms with Gasteiger partial charge in [0, 0.05) is 23.8 Å². The molecule has 1 heterocycles. The van der Waals surface area contributed by atoms with E-state index in [1.807, 2.05) is 37.3 Å². The van der Waals surface area contributed by atoms with Crippen molar-refractivity contribution in [3.05, 3.63) is 113 Å². The zero-order chi connectivity index (χ0) is 33.0. The Bertz CT molecular complexity index is 1360. The van der Waals surface area contributed by atoms with Gasteiger partial charge in [-0.1, -0.05) is 111 Å². The van der Waals surface area contributed by atoms with Gasteiger partial charge in [-0.15, -0.1) is 5.73 Å². The van der Waals surface area contributed by atoms with Gasteiger partial charge in [-0.25, -0.2) is 0 Å². The highest BCUT2D eigenvalue weighted by molar-refractivity contribution is 5.37. The van der Waals surface area contributed by atoms with Crippen LogP contribution in [0.4, 0.5) is 0 Å². The van der Waals surface area contributed by atoms with Gasteiger partial charge in [0.1, 0.15) is 11.2 Å². The van der Waals surface area contributed by atoms with Crippen LogP contribution in [0.5, 0.6) is 0 Å². The number of epoxide rings is 1. The van der Waals surface area contributed by atoms with Crippen LogP contribution < -0.4 is 0 Å². The first-order valence-corrected chi connectivity index (χ1v) is 16.0. The molecule has 0 bridgehead atoms. The molecule has 3 N–H and O–H groups in total. The van der Waals surface area contributed by atoms with E-state index in [1.165, 1.54) is 0 Å². The zero-order valence-corrected chi connectivity index (χ0v) is 28.7. The SMILES string of the molecule is CC(C=C=C1C(C)(C)CC(O)CC1(C)O)=CC=CC(C)=CC=CC=C(C)C=CC=C(C)C=CC12OC1(C)CC(O)CC2(C)C. The van der Waals surface area contributed by atoms with Crippen molar-refractivity contribution in [2.24, 2.45) is 10.8 Å². The van der Waals surface area contributed by atoms with E-state index in [4.69, 9.17) is 4.74 Å². The van der Waals surface area contributed by atoms with Crippen LogP contribution >= 0.6 is 0 Å². The maximum atomic E-state index is 10.9. The Labute approximate surface area is 267 Å². The van der Waals surface area contributed by atoms with E-state index in [9.17, 15) is 15.3 Å². The summed E-state index contributed by atoms with van der Waals surface area (Å²) in [5.74, 6) is 0. The molecule has 0 amide bonds. The molecule has 44 heavy (non-hydrogen) atoms. The lowest BCUT2D eigenvalue weighted by Gasteiger charge is -2.43. The maximum absolute atomic E-state index is 10.9. The number of hydrogen-bond donors (Lipinski definition) is 3. The van der Waals surface area contributed by atoms with Crippen molar-refractivity contribution in [3.63, 3.8) is 0 Å². The minimum Gasteiger partial charge on any atom is -0.393 e. The molecule has 0 radical (unpaired) electrons. The fraction of sp³-hybridized carbons (Fsp3) is 0.525. The minimum absolute atomic E-state index is 0.103. The van der Waals surface area contributed by atoms with Gasteiger partial charge in [0.25, 0.3) is 0 Å². The number of fused-ring (bicyclic) bond motifs is 1. The van der Waals surface area contributed by atoms with Crippen LogP contribution in [-0.2, 0) is 4.74 Å². The van der Waals surface area contributed by atoms with Crippen LogP contribution in [0.2, 0.25) is 0 Å². The summed E-state index contributed by atoms with van der Waals surface area (Å²) < 4.78 is 6.24. The van der Waals surface area contributed by atoms with Crippen LogP contribution in [0, 0.1) is 10.8 Å². The van der Waals surface area contributed by atoms with Gasteiger partial charge >= 0.3 is 0 Å². The molecule has 3 rings (SSSR count). The maximum Gasteiger partial charge on any atom is 0.121 e. The van der Waals surface area contributed by atoms with E-state index in [0.717, 1.165) is 34.3 Å². The van der Waals surface area contributed by atoms with Gasteiger partial charge in [0.15, 0.2) is 0 Å². The van der Waals surface area contributed by atoms with Crippen molar-refractivity contribution < 1.29 is 20.1 Å². The average molecular weight is 601 g/mol. The molecule has 3 aliphatic rings. The van der Waals surface area contributed by atoms with Crippen LogP contribution in [-0.4, -0.2) is 44.3 Å². The summed E-state index contributed by atoms with van der Waals surface area (Å²) in [5, 5.41) is 31.2. The molecule has 2 saturated carbocycles. The van der Waals surface area contributed by atoms with E-state index >= 15 is 0 Å². The fourth-order valence-corrected chi connectivity index (χ4v) is 7.25. The quantitative estimate of drug-likeness (QED) is 0.141. The van der Waals surface area contributed by atoms with Crippen molar-refractivity contribution in [2.75, 3.05) is 0 Å². The number of hydrogen-bond acceptors (Lipinski definition) is 4. The Balaban J connectivity index is 1.53. The third-order valence-corrected chi connectivity index (χ3v) is 9.39. The number of aliphatic hydroxyl groups excluding tert-OH is 2. The standard InChI is InChI=1S/C40H56O4/c1-29(17-13-19-31(3)21-22-35-36(5,6)25-33(41)27-38(35,9)43)15-11-12-16-30(2)18-14-20-32(4)23-24-40-37(7,8)26-34(42)28-39(40,10)44-40/h11-21,23-24,33-34,41-43H,25-28H2,1-10H3. The van der Waals surface area contributed by atoms with Crippen molar-refractivity contribution in [1.82, 2.24) is 0 Å². The van der Waals surface area contributed by atoms with Gasteiger partial charge in [-0.2, -0.15) is 0 Å². The lowest BCUT2D eigenvalue weighted by molar-refractivity contribution is -0.0268. The third-order valence-electron chi connectivity index (χ3n) is 9.39. The Morgan fingerprint density at radius 3 is 1.73 bits per heavy atom. The molecule has 5 unspecified atom stereocenters. The second kappa shape index (κ2) is 13.7. The highest BCUT2D eigenvalue weighted by Gasteiger charge is 2.74. The first-order valence-electron chi connectivity index (χ1n) is 16.0. The first kappa shape index (κ1) is 35.8. The summed E-state index contributed by atoms with van der Waals surface area (Å²) in [5.41, 5.74) is 6.63. The summed E-state index contributed by atoms with van der Waals surface area (Å²) in [6.45, 7) is 20.6. The molecule has 0 aromatic carbocycles. The molecule has 4 heteroatoms. The van der Waals surface area contributed by atoms with Crippen molar-refractivity contribution in [3.8, 4) is 0 Å². The molecule has 1 aliphatic heterocycles. The Morgan fingerprint density at radius 2 is 1.18 bits per heavy atom. The Morgan fingerprint density at radius 1 is 0.682 bits per heavy atom. The highest BCUT2D eigenvalue weighted by Crippen LogP contribution is 2.66. The van der Waals surface area contributed by atoms with E-state index < -0.39 is 11.7 Å². The van der Waals surface area contributed by atoms with E-state index in [0.29, 0.717) is 19.3 Å². The van der Waals surface area contributed by atoms with Crippen molar-refractivity contribution >= 4 is 0 Å². The molecular formula is C40H56O4. The van der Waals surface area contributed by atoms with Crippen LogP contribution in [0.1, 0.15) is 94.9 Å². The third kappa shape index (κ3) is 8.71. The molecule has 1 saturated heterocycles. The minimum atomic E-state index is -1.05. The lowest BCUT2D eigenvalue weighted by Crippen LogP contribution is -2.46. The van der Waals surface area contributed by atoms with E-state index in [-0.39, 0.29) is 28.1 Å². The predicted octanol–water partition coefficient (Wildman–Crippen LogP) is 8.72. The average Bonchev–Trinajstić information content (AvgIpc) is 3.49. The summed E-state index contributed by atoms with van der Waals surface area (Å²) in [7, 11) is 0. The zero-order valence-electron chi connectivity index (χ0n) is 28.7. The molecule has 0 spiro atoms. The topological polar surface area (TPSA) is 73.2 Å². The molecule has 2 aliphatic carbocycles. The second-order valence-corrected chi connectivity index (χ2v) is 15.0. The van der Waals surface area contributed by atoms with Gasteiger partial charge in [0.05, 0.1) is 17.8 Å². The monoisotopic (exact) mass is 600 g/mol. The van der Waals surface area contributed by atoms with Gasteiger partial charge < -0.3 is 20.1 Å². The Hall–Kier alpha value is -2.72. The van der Waals surface area contributed by atoms with Gasteiger partial charge in [-0.3, -0.25) is 0 Å². The van der Waals surface area contributed by atoms with E-state index in [2.05, 4.69) is 110 Å². The van der Waals surface area contributed by atoms with Crippen LogP contribution in [0.25, 0.3) is 0 Å². The normalized spacial score (nSPS) is 34.7. The van der Waals surface area contributed by atoms with Gasteiger partial charge in [-0.05, 0) is 77.5 Å². The van der Waals surface area contributed by atoms with Crippen molar-refractivity contribution in [1.29, 1.82) is 0 Å². The number of rotatable bonds is 9. The largest absolute Gasteiger partial charge is 0.393 e. The molecule has 0 aromatic heterocycles. The van der Waals surface area contributed by atoms with Crippen molar-refractivity contribution in [2.45, 2.75) is 124 Å². The van der Waals surface area contributed by atoms with E-state index in [1.54, 1.807) is 6.92 Å². The number of allylic oxidation sites excluding steroid dienone is 15. The number of aliphatic hydroxyl groups is 3. The summed E-state index contributed by atoms with van der Waals surface area (Å²) >= 11 is 0.